The van der Waals surface area contributed by atoms with E-state index in [0.29, 0.717) is 5.82 Å². The van der Waals surface area contributed by atoms with E-state index in [1.54, 1.807) is 4.57 Å². The third kappa shape index (κ3) is 3.08. The summed E-state index contributed by atoms with van der Waals surface area (Å²) in [5.41, 5.74) is 1.75. The molecule has 5 nitrogen and oxygen atoms in total. The van der Waals surface area contributed by atoms with Crippen molar-refractivity contribution in [2.45, 2.75) is 6.54 Å². The number of nitrogens with zero attached hydrogens (tertiary/aromatic N) is 3. The van der Waals surface area contributed by atoms with Crippen LogP contribution in [0.5, 0.6) is 0 Å². The fourth-order valence-corrected chi connectivity index (χ4v) is 2.12. The van der Waals surface area contributed by atoms with E-state index in [0.717, 1.165) is 11.0 Å². The second kappa shape index (κ2) is 6.74. The number of nitriles is 1. The molecule has 1 aromatic carbocycles. The zero-order valence-corrected chi connectivity index (χ0v) is 12.3. The quantitative estimate of drug-likeness (QED) is 0.383. The van der Waals surface area contributed by atoms with Gasteiger partial charge in [0.15, 0.2) is 24.0 Å². The number of aliphatic hydroxyl groups excluding tert-OH is 1. The average molecular weight is 313 g/mol. The lowest BCUT2D eigenvalue weighted by Crippen LogP contribution is -3.00. The molecule has 0 spiro atoms. The van der Waals surface area contributed by atoms with E-state index in [1.165, 1.54) is 0 Å². The first-order valence-corrected chi connectivity index (χ1v) is 6.49. The second-order valence-corrected chi connectivity index (χ2v) is 4.58. The van der Waals surface area contributed by atoms with Crippen molar-refractivity contribution in [1.82, 2.24) is 9.97 Å². The number of imidazole rings is 1. The van der Waals surface area contributed by atoms with Gasteiger partial charge < -0.3 is 22.5 Å². The lowest BCUT2D eigenvalue weighted by atomic mass is 10.2. The summed E-state index contributed by atoms with van der Waals surface area (Å²) in [6, 6.07) is 15.1. The summed E-state index contributed by atoms with van der Waals surface area (Å²) < 4.78 is 1.79. The summed E-state index contributed by atoms with van der Waals surface area (Å²) in [6.45, 7) is 0.223. The Labute approximate surface area is 133 Å². The average Bonchev–Trinajstić information content (AvgIpc) is 2.92. The van der Waals surface area contributed by atoms with Crippen molar-refractivity contribution in [3.63, 3.8) is 0 Å². The molecule has 0 atom stereocenters. The van der Waals surface area contributed by atoms with Crippen molar-refractivity contribution >= 4 is 16.6 Å². The van der Waals surface area contributed by atoms with E-state index in [-0.39, 0.29) is 30.3 Å². The van der Waals surface area contributed by atoms with Gasteiger partial charge in [0.1, 0.15) is 11.6 Å². The highest BCUT2D eigenvalue weighted by atomic mass is 35.5. The predicted molar refractivity (Wildman–Crippen MR) is 77.9 cm³/mol. The van der Waals surface area contributed by atoms with Gasteiger partial charge in [0.25, 0.3) is 0 Å². The number of rotatable bonds is 3. The second-order valence-electron chi connectivity index (χ2n) is 4.58. The van der Waals surface area contributed by atoms with Crippen LogP contribution in [-0.4, -0.2) is 15.1 Å². The van der Waals surface area contributed by atoms with Gasteiger partial charge in [0, 0.05) is 12.1 Å². The topological polar surface area (TPSA) is 76.6 Å². The Morgan fingerprint density at radius 1 is 1.18 bits per heavy atom. The summed E-state index contributed by atoms with van der Waals surface area (Å²) >= 11 is 0. The number of hydrogen-bond donors (Lipinski definition) is 2. The molecule has 0 unspecified atom stereocenters. The highest BCUT2D eigenvalue weighted by Gasteiger charge is 2.15. The number of fused-ring (bicyclic) bond motifs is 1. The molecular formula is C16H13ClN4O. The lowest BCUT2D eigenvalue weighted by molar-refractivity contribution is -0.691. The fraction of sp³-hybridized carbons (Fsp3) is 0.0625. The Bertz CT molecular complexity index is 816. The Hall–Kier alpha value is -2.84. The summed E-state index contributed by atoms with van der Waals surface area (Å²) in [5, 5.41) is 19.5. The van der Waals surface area contributed by atoms with E-state index in [9.17, 15) is 10.4 Å². The van der Waals surface area contributed by atoms with Crippen molar-refractivity contribution in [1.29, 1.82) is 5.26 Å². The third-order valence-electron chi connectivity index (χ3n) is 3.14. The molecule has 2 heterocycles. The third-order valence-corrected chi connectivity index (χ3v) is 3.14. The van der Waals surface area contributed by atoms with Gasteiger partial charge in [-0.1, -0.05) is 18.2 Å². The molecule has 0 aliphatic carbocycles. The highest BCUT2D eigenvalue weighted by molar-refractivity contribution is 5.82. The van der Waals surface area contributed by atoms with Crippen LogP contribution in [-0.2, 0) is 6.54 Å². The molecule has 0 aliphatic heterocycles. The van der Waals surface area contributed by atoms with Crippen molar-refractivity contribution in [2.24, 2.45) is 0 Å². The van der Waals surface area contributed by atoms with Crippen LogP contribution in [0.3, 0.4) is 0 Å². The van der Waals surface area contributed by atoms with Crippen LogP contribution in [0.1, 0.15) is 5.82 Å². The molecule has 0 radical (unpaired) electrons. The molecular weight excluding hydrogens is 300 g/mol. The Morgan fingerprint density at radius 2 is 1.91 bits per heavy atom. The summed E-state index contributed by atoms with van der Waals surface area (Å²) in [4.78, 5) is 7.39. The Kier molecular flexibility index (Phi) is 4.77. The number of pyridine rings is 1. The number of para-hydroxylation sites is 2. The molecule has 0 fully saturated rings. The molecule has 3 aromatic rings. The van der Waals surface area contributed by atoms with Crippen LogP contribution < -0.4 is 17.0 Å². The van der Waals surface area contributed by atoms with Crippen LogP contribution >= 0.6 is 0 Å². The number of aliphatic hydroxyl groups is 1. The number of aromatic amines is 1. The molecule has 6 heteroatoms. The maximum absolute atomic E-state index is 10.2. The zero-order valence-electron chi connectivity index (χ0n) is 11.6. The first kappa shape index (κ1) is 15.5. The van der Waals surface area contributed by atoms with E-state index in [2.05, 4.69) is 9.97 Å². The van der Waals surface area contributed by atoms with Crippen LogP contribution in [0.15, 0.2) is 60.6 Å². The molecule has 0 amide bonds. The molecule has 0 saturated heterocycles. The Balaban J connectivity index is 0.00000176. The van der Waals surface area contributed by atoms with Crippen LogP contribution in [0, 0.1) is 11.3 Å². The number of nitrogens with one attached hydrogen (secondary N) is 1. The summed E-state index contributed by atoms with van der Waals surface area (Å²) in [5.74, 6) is 0.362. The standard InChI is InChI=1S/C16H12N4O.ClH/c17-10-12(15(21)11-20-8-4-1-5-9-20)16-18-13-6-2-3-7-14(13)19-16;/h1-9H,11H2,(H-,18,19,21);1H. The van der Waals surface area contributed by atoms with Gasteiger partial charge in [-0.25, -0.2) is 4.98 Å². The van der Waals surface area contributed by atoms with Crippen LogP contribution in [0.25, 0.3) is 16.6 Å². The molecule has 110 valence electrons. The van der Waals surface area contributed by atoms with Gasteiger partial charge in [-0.15, -0.1) is 0 Å². The number of hydrogen-bond acceptors (Lipinski definition) is 3. The lowest BCUT2D eigenvalue weighted by Gasteiger charge is -1.99. The molecule has 0 aliphatic rings. The van der Waals surface area contributed by atoms with E-state index in [4.69, 9.17) is 0 Å². The maximum atomic E-state index is 10.2. The van der Waals surface area contributed by atoms with E-state index >= 15 is 0 Å². The number of allylic oxidation sites excluding steroid dienone is 2. The van der Waals surface area contributed by atoms with Gasteiger partial charge in [-0.05, 0) is 12.1 Å². The first-order chi connectivity index (χ1) is 10.3. The Morgan fingerprint density at radius 3 is 2.59 bits per heavy atom. The van der Waals surface area contributed by atoms with Gasteiger partial charge in [-0.3, -0.25) is 0 Å². The minimum absolute atomic E-state index is 0. The number of benzene rings is 1. The predicted octanol–water partition coefficient (Wildman–Crippen LogP) is -0.653. The summed E-state index contributed by atoms with van der Waals surface area (Å²) in [7, 11) is 0. The molecule has 0 bridgehead atoms. The van der Waals surface area contributed by atoms with Crippen molar-refractivity contribution in [3.05, 3.63) is 66.4 Å². The highest BCUT2D eigenvalue weighted by Crippen LogP contribution is 2.18. The van der Waals surface area contributed by atoms with Crippen molar-refractivity contribution < 1.29 is 22.1 Å². The minimum atomic E-state index is -0.0206. The number of aromatic nitrogens is 3. The normalized spacial score (nSPS) is 11.4. The monoisotopic (exact) mass is 312 g/mol. The molecule has 2 N–H and O–H groups in total. The van der Waals surface area contributed by atoms with Crippen molar-refractivity contribution in [3.8, 4) is 6.07 Å². The summed E-state index contributed by atoms with van der Waals surface area (Å²) in [6.07, 6.45) is 3.65. The van der Waals surface area contributed by atoms with Crippen LogP contribution in [0.2, 0.25) is 0 Å². The number of H-pyrrole nitrogens is 1. The molecule has 3 rings (SSSR count). The smallest absolute Gasteiger partial charge is 0.206 e. The van der Waals surface area contributed by atoms with Crippen LogP contribution in [0.4, 0.5) is 0 Å². The van der Waals surface area contributed by atoms with Crippen molar-refractivity contribution in [2.75, 3.05) is 0 Å². The van der Waals surface area contributed by atoms with Gasteiger partial charge in [0.2, 0.25) is 6.54 Å². The van der Waals surface area contributed by atoms with Gasteiger partial charge in [-0.2, -0.15) is 9.83 Å². The van der Waals surface area contributed by atoms with E-state index in [1.807, 2.05) is 60.9 Å². The molecule has 2 aromatic heterocycles. The maximum Gasteiger partial charge on any atom is 0.206 e. The zero-order chi connectivity index (χ0) is 14.7. The number of halogens is 1. The molecule has 0 saturated carbocycles. The largest absolute Gasteiger partial charge is 1.00 e. The molecule has 22 heavy (non-hydrogen) atoms. The fourth-order valence-electron chi connectivity index (χ4n) is 2.12. The van der Waals surface area contributed by atoms with Gasteiger partial charge >= 0.3 is 0 Å². The minimum Gasteiger partial charge on any atom is -1.00 e. The van der Waals surface area contributed by atoms with E-state index < -0.39 is 0 Å². The first-order valence-electron chi connectivity index (χ1n) is 6.49. The SMILES string of the molecule is N#CC(=C(O)C[n+]1ccccc1)c1nc2ccccc2[nH]1.[Cl-]. The van der Waals surface area contributed by atoms with Gasteiger partial charge in [0.05, 0.1) is 11.0 Å².